The monoisotopic (exact) mass is 428 g/mol. The Kier molecular flexibility index (Phi) is 7.92. The van der Waals surface area contributed by atoms with Crippen LogP contribution in [0.2, 0.25) is 0 Å². The summed E-state index contributed by atoms with van der Waals surface area (Å²) in [4.78, 5) is 2.16. The van der Waals surface area contributed by atoms with E-state index in [1.54, 1.807) is 0 Å². The van der Waals surface area contributed by atoms with Gasteiger partial charge in [0.05, 0.1) is 12.3 Å². The van der Waals surface area contributed by atoms with Gasteiger partial charge in [0.25, 0.3) is 0 Å². The van der Waals surface area contributed by atoms with Gasteiger partial charge in [0.1, 0.15) is 5.75 Å². The third kappa shape index (κ3) is 5.70. The van der Waals surface area contributed by atoms with Crippen molar-refractivity contribution in [3.05, 3.63) is 89.5 Å². The molecule has 0 amide bonds. The molecule has 0 aromatic heterocycles. The standard InChI is InChI=1S/C27H32N4O/c1-6-32-27-17-11-21(18-20(27)2)10-16-26(30-29-4)22-12-14-24(15-13-22)31(5)25-9-7-8-23(19-25)28-3/h7-19,28-29H,6H2,1-5H3/b16-10+,30-26-. The molecule has 0 atom stereocenters. The van der Waals surface area contributed by atoms with Crippen molar-refractivity contribution < 1.29 is 4.74 Å². The highest BCUT2D eigenvalue weighted by Crippen LogP contribution is 2.26. The number of ether oxygens (including phenoxy) is 1. The Morgan fingerprint density at radius 1 is 1.00 bits per heavy atom. The molecule has 0 aliphatic rings. The quantitative estimate of drug-likeness (QED) is 0.332. The van der Waals surface area contributed by atoms with E-state index in [9.17, 15) is 0 Å². The van der Waals surface area contributed by atoms with Crippen LogP contribution < -0.4 is 20.4 Å². The van der Waals surface area contributed by atoms with Gasteiger partial charge in [-0.1, -0.05) is 30.3 Å². The molecule has 32 heavy (non-hydrogen) atoms. The van der Waals surface area contributed by atoms with Gasteiger partial charge >= 0.3 is 0 Å². The third-order valence-corrected chi connectivity index (χ3v) is 5.24. The van der Waals surface area contributed by atoms with Gasteiger partial charge in [0.2, 0.25) is 0 Å². The first-order chi connectivity index (χ1) is 15.5. The third-order valence-electron chi connectivity index (χ3n) is 5.24. The molecule has 0 heterocycles. The summed E-state index contributed by atoms with van der Waals surface area (Å²) >= 11 is 0. The minimum Gasteiger partial charge on any atom is -0.494 e. The summed E-state index contributed by atoms with van der Waals surface area (Å²) in [5, 5.41) is 7.66. The van der Waals surface area contributed by atoms with Gasteiger partial charge in [-0.15, -0.1) is 0 Å². The molecule has 0 bridgehead atoms. The van der Waals surface area contributed by atoms with Gasteiger partial charge < -0.3 is 20.4 Å². The second-order valence-corrected chi connectivity index (χ2v) is 7.42. The first kappa shape index (κ1) is 22.9. The van der Waals surface area contributed by atoms with Crippen LogP contribution >= 0.6 is 0 Å². The topological polar surface area (TPSA) is 48.9 Å². The van der Waals surface area contributed by atoms with Crippen molar-refractivity contribution in [1.82, 2.24) is 5.43 Å². The number of aryl methyl sites for hydroxylation is 1. The normalized spacial score (nSPS) is 11.5. The number of benzene rings is 3. The van der Waals surface area contributed by atoms with Crippen molar-refractivity contribution in [3.8, 4) is 5.75 Å². The maximum atomic E-state index is 5.64. The fourth-order valence-electron chi connectivity index (χ4n) is 3.46. The second kappa shape index (κ2) is 11.0. The van der Waals surface area contributed by atoms with Gasteiger partial charge in [0, 0.05) is 43.8 Å². The zero-order valence-electron chi connectivity index (χ0n) is 19.5. The van der Waals surface area contributed by atoms with Crippen molar-refractivity contribution in [3.63, 3.8) is 0 Å². The molecule has 166 valence electrons. The summed E-state index contributed by atoms with van der Waals surface area (Å²) in [5.41, 5.74) is 10.4. The van der Waals surface area contributed by atoms with Crippen LogP contribution in [-0.4, -0.2) is 33.5 Å². The average Bonchev–Trinajstić information content (AvgIpc) is 2.83. The fourth-order valence-corrected chi connectivity index (χ4v) is 3.46. The molecular formula is C27H32N4O. The van der Waals surface area contributed by atoms with E-state index in [0.717, 1.165) is 45.2 Å². The van der Waals surface area contributed by atoms with Gasteiger partial charge in [-0.3, -0.25) is 0 Å². The highest BCUT2D eigenvalue weighted by molar-refractivity contribution is 6.10. The zero-order valence-corrected chi connectivity index (χ0v) is 19.5. The van der Waals surface area contributed by atoms with Crippen LogP contribution in [0.15, 0.2) is 77.9 Å². The Bertz CT molecular complexity index is 1090. The van der Waals surface area contributed by atoms with Crippen molar-refractivity contribution in [1.29, 1.82) is 0 Å². The van der Waals surface area contributed by atoms with Crippen LogP contribution in [0.25, 0.3) is 6.08 Å². The lowest BCUT2D eigenvalue weighted by molar-refractivity contribution is 0.338. The van der Waals surface area contributed by atoms with E-state index >= 15 is 0 Å². The number of nitrogens with zero attached hydrogens (tertiary/aromatic N) is 2. The van der Waals surface area contributed by atoms with E-state index in [1.165, 1.54) is 0 Å². The van der Waals surface area contributed by atoms with E-state index < -0.39 is 0 Å². The van der Waals surface area contributed by atoms with E-state index in [-0.39, 0.29) is 0 Å². The van der Waals surface area contributed by atoms with Crippen LogP contribution in [0.3, 0.4) is 0 Å². The summed E-state index contributed by atoms with van der Waals surface area (Å²) in [5.74, 6) is 0.925. The molecule has 0 aliphatic heterocycles. The number of anilines is 3. The number of nitrogens with one attached hydrogen (secondary N) is 2. The van der Waals surface area contributed by atoms with Crippen molar-refractivity contribution in [2.45, 2.75) is 13.8 Å². The van der Waals surface area contributed by atoms with Crippen LogP contribution in [0.4, 0.5) is 17.1 Å². The molecule has 0 saturated carbocycles. The van der Waals surface area contributed by atoms with E-state index in [4.69, 9.17) is 4.74 Å². The lowest BCUT2D eigenvalue weighted by atomic mass is 10.1. The lowest BCUT2D eigenvalue weighted by Gasteiger charge is -2.20. The maximum absolute atomic E-state index is 5.64. The van der Waals surface area contributed by atoms with Crippen LogP contribution in [0.1, 0.15) is 23.6 Å². The lowest BCUT2D eigenvalue weighted by Crippen LogP contribution is -2.10. The number of hydrogen-bond acceptors (Lipinski definition) is 5. The fraction of sp³-hybridized carbons (Fsp3) is 0.222. The Morgan fingerprint density at radius 3 is 2.44 bits per heavy atom. The molecule has 0 radical (unpaired) electrons. The number of allylic oxidation sites excluding steroid dienone is 1. The predicted octanol–water partition coefficient (Wildman–Crippen LogP) is 5.84. The molecule has 0 saturated heterocycles. The molecule has 0 fully saturated rings. The van der Waals surface area contributed by atoms with E-state index in [1.807, 2.05) is 33.2 Å². The molecule has 0 aliphatic carbocycles. The molecule has 3 aromatic carbocycles. The summed E-state index contributed by atoms with van der Waals surface area (Å²) in [6, 6.07) is 22.9. The SMILES string of the molecule is CCOc1ccc(/C=C/C(=N/NC)c2ccc(N(C)c3cccc(NC)c3)cc2)cc1C. The number of hydrazone groups is 1. The molecule has 0 unspecified atom stereocenters. The highest BCUT2D eigenvalue weighted by Gasteiger charge is 2.07. The Hall–Kier alpha value is -3.73. The predicted molar refractivity (Wildman–Crippen MR) is 137 cm³/mol. The van der Waals surface area contributed by atoms with E-state index in [2.05, 4.69) is 101 Å². The molecule has 3 rings (SSSR count). The summed E-state index contributed by atoms with van der Waals surface area (Å²) in [6.45, 7) is 4.73. The van der Waals surface area contributed by atoms with Gasteiger partial charge in [0.15, 0.2) is 0 Å². The zero-order chi connectivity index (χ0) is 22.9. The summed E-state index contributed by atoms with van der Waals surface area (Å²) < 4.78 is 5.64. The maximum Gasteiger partial charge on any atom is 0.122 e. The van der Waals surface area contributed by atoms with Crippen LogP contribution in [0, 0.1) is 6.92 Å². The smallest absolute Gasteiger partial charge is 0.122 e. The number of rotatable bonds is 9. The van der Waals surface area contributed by atoms with Crippen molar-refractivity contribution in [2.75, 3.05) is 38.0 Å². The minimum absolute atomic E-state index is 0.668. The van der Waals surface area contributed by atoms with E-state index in [0.29, 0.717) is 6.61 Å². The molecule has 3 aromatic rings. The van der Waals surface area contributed by atoms with Gasteiger partial charge in [-0.25, -0.2) is 0 Å². The summed E-state index contributed by atoms with van der Waals surface area (Å²) in [7, 11) is 5.81. The number of hydrogen-bond donors (Lipinski definition) is 2. The largest absolute Gasteiger partial charge is 0.494 e. The molecule has 5 nitrogen and oxygen atoms in total. The minimum atomic E-state index is 0.668. The van der Waals surface area contributed by atoms with Crippen LogP contribution in [0.5, 0.6) is 5.75 Å². The Balaban J connectivity index is 1.79. The first-order valence-corrected chi connectivity index (χ1v) is 10.8. The summed E-state index contributed by atoms with van der Waals surface area (Å²) in [6.07, 6.45) is 4.10. The molecule has 2 N–H and O–H groups in total. The molecule has 0 spiro atoms. The highest BCUT2D eigenvalue weighted by atomic mass is 16.5. The second-order valence-electron chi connectivity index (χ2n) is 7.42. The molecular weight excluding hydrogens is 396 g/mol. The average molecular weight is 429 g/mol. The van der Waals surface area contributed by atoms with Gasteiger partial charge in [-0.05, 0) is 73.5 Å². The Labute approximate surface area is 191 Å². The van der Waals surface area contributed by atoms with Crippen molar-refractivity contribution >= 4 is 28.8 Å². The van der Waals surface area contributed by atoms with Crippen molar-refractivity contribution in [2.24, 2.45) is 5.10 Å². The van der Waals surface area contributed by atoms with Gasteiger partial charge in [-0.2, -0.15) is 5.10 Å². The van der Waals surface area contributed by atoms with Crippen LogP contribution in [-0.2, 0) is 0 Å². The Morgan fingerprint density at radius 2 is 1.78 bits per heavy atom. The molecule has 5 heteroatoms. The first-order valence-electron chi connectivity index (χ1n) is 10.8.